The number of hydrogen-bond acceptors (Lipinski definition) is 4. The van der Waals surface area contributed by atoms with Crippen LogP contribution in [-0.2, 0) is 4.79 Å². The van der Waals surface area contributed by atoms with Gasteiger partial charge in [-0.1, -0.05) is 23.2 Å². The highest BCUT2D eigenvalue weighted by Gasteiger charge is 2.08. The Morgan fingerprint density at radius 3 is 2.76 bits per heavy atom. The van der Waals surface area contributed by atoms with Crippen LogP contribution < -0.4 is 5.32 Å². The summed E-state index contributed by atoms with van der Waals surface area (Å²) in [4.78, 5) is 10.9. The summed E-state index contributed by atoms with van der Waals surface area (Å²) in [6.07, 6.45) is -0.0113. The second kappa shape index (κ2) is 6.60. The highest BCUT2D eigenvalue weighted by molar-refractivity contribution is 8.03. The average molecular weight is 291 g/mol. The lowest BCUT2D eigenvalue weighted by Crippen LogP contribution is -2.07. The summed E-state index contributed by atoms with van der Waals surface area (Å²) in [5.41, 5.74) is 0.556. The van der Waals surface area contributed by atoms with Crippen LogP contribution in [0.2, 0.25) is 10.0 Å². The van der Waals surface area contributed by atoms with Crippen molar-refractivity contribution in [3.8, 4) is 5.40 Å². The number of thiocyanates is 1. The molecule has 0 aliphatic carbocycles. The van der Waals surface area contributed by atoms with E-state index in [1.807, 2.05) is 5.40 Å². The number of rotatable bonds is 5. The average Bonchev–Trinajstić information content (AvgIpc) is 2.24. The molecule has 0 unspecified atom stereocenters. The van der Waals surface area contributed by atoms with Crippen LogP contribution in [0.1, 0.15) is 6.42 Å². The molecule has 1 aromatic rings. The third-order valence-electron chi connectivity index (χ3n) is 1.83. The molecule has 0 amide bonds. The Bertz CT molecular complexity index is 474. The van der Waals surface area contributed by atoms with E-state index >= 15 is 0 Å². The van der Waals surface area contributed by atoms with Crippen molar-refractivity contribution >= 4 is 46.6 Å². The van der Waals surface area contributed by atoms with Crippen molar-refractivity contribution in [2.75, 3.05) is 11.9 Å². The van der Waals surface area contributed by atoms with Crippen LogP contribution in [0, 0.1) is 10.7 Å². The van der Waals surface area contributed by atoms with Crippen LogP contribution in [0.4, 0.5) is 5.69 Å². The van der Waals surface area contributed by atoms with Gasteiger partial charge in [0.1, 0.15) is 5.40 Å². The van der Waals surface area contributed by atoms with Crippen LogP contribution in [0.3, 0.4) is 0 Å². The van der Waals surface area contributed by atoms with E-state index in [1.165, 1.54) is 0 Å². The molecule has 0 saturated heterocycles. The minimum Gasteiger partial charge on any atom is -0.481 e. The first-order chi connectivity index (χ1) is 8.04. The van der Waals surface area contributed by atoms with Crippen LogP contribution in [0.25, 0.3) is 0 Å². The molecule has 0 saturated carbocycles. The molecule has 1 rings (SSSR count). The molecule has 2 N–H and O–H groups in total. The Morgan fingerprint density at radius 1 is 1.47 bits per heavy atom. The molecule has 0 aliphatic rings. The zero-order valence-electron chi connectivity index (χ0n) is 8.54. The second-order valence-electron chi connectivity index (χ2n) is 3.03. The van der Waals surface area contributed by atoms with Gasteiger partial charge in [-0.2, -0.15) is 5.26 Å². The van der Waals surface area contributed by atoms with E-state index in [1.54, 1.807) is 12.1 Å². The summed E-state index contributed by atoms with van der Waals surface area (Å²) in [6.45, 7) is 0.260. The summed E-state index contributed by atoms with van der Waals surface area (Å²) < 4.78 is 0. The lowest BCUT2D eigenvalue weighted by atomic mass is 10.3. The molecule has 1 aromatic carbocycles. The normalized spacial score (nSPS) is 9.71. The fourth-order valence-electron chi connectivity index (χ4n) is 1.10. The number of halogens is 2. The molecular formula is C10H8Cl2N2O2S. The molecule has 0 heterocycles. The van der Waals surface area contributed by atoms with Crippen LogP contribution >= 0.6 is 35.0 Å². The lowest BCUT2D eigenvalue weighted by molar-refractivity contribution is -0.136. The lowest BCUT2D eigenvalue weighted by Gasteiger charge is -2.09. The third-order valence-corrected chi connectivity index (χ3v) is 3.22. The van der Waals surface area contributed by atoms with Crippen molar-refractivity contribution in [2.45, 2.75) is 11.3 Å². The van der Waals surface area contributed by atoms with E-state index in [0.717, 1.165) is 11.8 Å². The Labute approximate surface area is 113 Å². The van der Waals surface area contributed by atoms with Crippen molar-refractivity contribution in [3.05, 3.63) is 22.2 Å². The van der Waals surface area contributed by atoms with Gasteiger partial charge in [0.25, 0.3) is 0 Å². The molecule has 0 fully saturated rings. The van der Waals surface area contributed by atoms with Gasteiger partial charge in [-0.05, 0) is 23.9 Å². The van der Waals surface area contributed by atoms with Gasteiger partial charge in [-0.25, -0.2) is 0 Å². The molecule has 0 atom stereocenters. The van der Waals surface area contributed by atoms with Gasteiger partial charge < -0.3 is 10.4 Å². The Balaban J connectivity index is 2.77. The van der Waals surface area contributed by atoms with E-state index in [-0.39, 0.29) is 13.0 Å². The van der Waals surface area contributed by atoms with Crippen molar-refractivity contribution in [1.82, 2.24) is 0 Å². The third kappa shape index (κ3) is 4.35. The van der Waals surface area contributed by atoms with Gasteiger partial charge in [0.05, 0.1) is 22.2 Å². The number of nitrogens with zero attached hydrogens (tertiary/aromatic N) is 1. The first-order valence-electron chi connectivity index (χ1n) is 4.55. The summed E-state index contributed by atoms with van der Waals surface area (Å²) >= 11 is 12.8. The van der Waals surface area contributed by atoms with Gasteiger partial charge in [-0.3, -0.25) is 4.79 Å². The van der Waals surface area contributed by atoms with E-state index in [0.29, 0.717) is 20.6 Å². The van der Waals surface area contributed by atoms with Crippen molar-refractivity contribution in [3.63, 3.8) is 0 Å². The fourth-order valence-corrected chi connectivity index (χ4v) is 2.10. The zero-order chi connectivity index (χ0) is 12.8. The first kappa shape index (κ1) is 14.0. The number of nitrogens with one attached hydrogen (secondary N) is 1. The number of carboxylic acids is 1. The monoisotopic (exact) mass is 290 g/mol. The Hall–Kier alpha value is -1.09. The molecule has 0 radical (unpaired) electrons. The predicted molar refractivity (Wildman–Crippen MR) is 68.7 cm³/mol. The number of benzene rings is 1. The summed E-state index contributed by atoms with van der Waals surface area (Å²) in [5.74, 6) is -0.892. The number of carboxylic acid groups (broad SMARTS) is 1. The van der Waals surface area contributed by atoms with Crippen molar-refractivity contribution in [1.29, 1.82) is 5.26 Å². The standard InChI is InChI=1S/C10H8Cl2N2O2S/c11-6-4-9(17-5-13)7(12)3-8(6)14-2-1-10(15)16/h3-4,14H,1-2H2,(H,15,16). The minimum absolute atomic E-state index is 0.0113. The summed E-state index contributed by atoms with van der Waals surface area (Å²) in [5, 5.41) is 22.6. The fraction of sp³-hybridized carbons (Fsp3) is 0.200. The predicted octanol–water partition coefficient (Wildman–Crippen LogP) is 3.45. The molecule has 0 aromatic heterocycles. The molecular weight excluding hydrogens is 283 g/mol. The van der Waals surface area contributed by atoms with E-state index in [4.69, 9.17) is 33.6 Å². The molecule has 90 valence electrons. The summed E-state index contributed by atoms with van der Waals surface area (Å²) in [6, 6.07) is 3.15. The SMILES string of the molecule is N#CSc1cc(Cl)c(NCCC(=O)O)cc1Cl. The Morgan fingerprint density at radius 2 is 2.18 bits per heavy atom. The van der Waals surface area contributed by atoms with Crippen molar-refractivity contribution in [2.24, 2.45) is 0 Å². The number of aliphatic carboxylic acids is 1. The molecule has 4 nitrogen and oxygen atoms in total. The van der Waals surface area contributed by atoms with E-state index < -0.39 is 5.97 Å². The summed E-state index contributed by atoms with van der Waals surface area (Å²) in [7, 11) is 0. The molecule has 7 heteroatoms. The topological polar surface area (TPSA) is 73.1 Å². The maximum atomic E-state index is 10.3. The van der Waals surface area contributed by atoms with Crippen LogP contribution in [0.15, 0.2) is 17.0 Å². The van der Waals surface area contributed by atoms with Gasteiger partial charge >= 0.3 is 5.97 Å². The van der Waals surface area contributed by atoms with Crippen LogP contribution in [-0.4, -0.2) is 17.6 Å². The van der Waals surface area contributed by atoms with E-state index in [9.17, 15) is 4.79 Å². The number of carbonyl (C=O) groups is 1. The maximum Gasteiger partial charge on any atom is 0.305 e. The smallest absolute Gasteiger partial charge is 0.305 e. The second-order valence-corrected chi connectivity index (χ2v) is 4.67. The van der Waals surface area contributed by atoms with Gasteiger partial charge in [0.15, 0.2) is 0 Å². The number of nitriles is 1. The molecule has 0 aliphatic heterocycles. The minimum atomic E-state index is -0.892. The highest BCUT2D eigenvalue weighted by Crippen LogP contribution is 2.34. The number of anilines is 1. The van der Waals surface area contributed by atoms with Gasteiger partial charge in [-0.15, -0.1) is 0 Å². The van der Waals surface area contributed by atoms with E-state index in [2.05, 4.69) is 5.32 Å². The first-order valence-corrected chi connectivity index (χ1v) is 6.12. The highest BCUT2D eigenvalue weighted by atomic mass is 35.5. The molecule has 0 spiro atoms. The van der Waals surface area contributed by atoms with Crippen LogP contribution in [0.5, 0.6) is 0 Å². The number of hydrogen-bond donors (Lipinski definition) is 2. The largest absolute Gasteiger partial charge is 0.481 e. The maximum absolute atomic E-state index is 10.3. The molecule has 0 bridgehead atoms. The number of thioether (sulfide) groups is 1. The van der Waals surface area contributed by atoms with Crippen molar-refractivity contribution < 1.29 is 9.90 Å². The van der Waals surface area contributed by atoms with Gasteiger partial charge in [0, 0.05) is 11.4 Å². The molecule has 17 heavy (non-hydrogen) atoms. The quantitative estimate of drug-likeness (QED) is 0.642. The Kier molecular flexibility index (Phi) is 5.42. The van der Waals surface area contributed by atoms with Gasteiger partial charge in [0.2, 0.25) is 0 Å². The zero-order valence-corrected chi connectivity index (χ0v) is 10.9.